The quantitative estimate of drug-likeness (QED) is 0.717. The number of benzene rings is 1. The molecule has 0 spiro atoms. The van der Waals surface area contributed by atoms with E-state index in [2.05, 4.69) is 10.6 Å². The van der Waals surface area contributed by atoms with E-state index in [1.165, 1.54) is 0 Å². The molecule has 0 bridgehead atoms. The summed E-state index contributed by atoms with van der Waals surface area (Å²) in [6, 6.07) is 2.00. The van der Waals surface area contributed by atoms with Gasteiger partial charge < -0.3 is 25.8 Å². The molecular weight excluding hydrogens is 250 g/mol. The van der Waals surface area contributed by atoms with Gasteiger partial charge in [0.1, 0.15) is 0 Å². The summed E-state index contributed by atoms with van der Waals surface area (Å²) in [7, 11) is 0. The molecule has 2 rings (SSSR count). The van der Waals surface area contributed by atoms with Crippen LogP contribution in [0.3, 0.4) is 0 Å². The second kappa shape index (κ2) is 5.41. The van der Waals surface area contributed by atoms with Gasteiger partial charge in [0.25, 0.3) is 0 Å². The van der Waals surface area contributed by atoms with E-state index in [1.807, 2.05) is 19.9 Å². The lowest BCUT2D eigenvalue weighted by Gasteiger charge is -2.14. The minimum absolute atomic E-state index is 0.274. The molecule has 0 unspecified atom stereocenters. The Morgan fingerprint density at radius 1 is 1.39 bits per heavy atom. The van der Waals surface area contributed by atoms with Crippen molar-refractivity contribution < 1.29 is 9.47 Å². The molecule has 18 heavy (non-hydrogen) atoms. The average molecular weight is 267 g/mol. The average Bonchev–Trinajstić information content (AvgIpc) is 2.83. The van der Waals surface area contributed by atoms with Gasteiger partial charge in [0, 0.05) is 24.3 Å². The summed E-state index contributed by atoms with van der Waals surface area (Å²) in [4.78, 5) is 0. The van der Waals surface area contributed by atoms with Gasteiger partial charge in [-0.25, -0.2) is 0 Å². The van der Waals surface area contributed by atoms with E-state index in [1.54, 1.807) is 0 Å². The van der Waals surface area contributed by atoms with Gasteiger partial charge in [-0.1, -0.05) is 0 Å². The number of anilines is 1. The second-order valence-corrected chi connectivity index (χ2v) is 4.51. The number of hydrogen-bond donors (Lipinski definition) is 3. The molecule has 0 saturated carbocycles. The van der Waals surface area contributed by atoms with Crippen LogP contribution in [0, 0.1) is 13.8 Å². The van der Waals surface area contributed by atoms with Crippen LogP contribution in [0.15, 0.2) is 6.07 Å². The van der Waals surface area contributed by atoms with E-state index in [-0.39, 0.29) is 6.79 Å². The van der Waals surface area contributed by atoms with E-state index < -0.39 is 0 Å². The first-order valence-corrected chi connectivity index (χ1v) is 6.19. The molecule has 0 atom stereocenters. The fourth-order valence-electron chi connectivity index (χ4n) is 1.84. The van der Waals surface area contributed by atoms with Crippen molar-refractivity contribution in [3.8, 4) is 11.5 Å². The highest BCUT2D eigenvalue weighted by atomic mass is 32.1. The number of hydrogen-bond acceptors (Lipinski definition) is 4. The molecule has 0 saturated heterocycles. The number of ether oxygens (including phenoxy) is 2. The van der Waals surface area contributed by atoms with Gasteiger partial charge in [0.05, 0.1) is 0 Å². The summed E-state index contributed by atoms with van der Waals surface area (Å²) in [6.07, 6.45) is 0. The first-order valence-electron chi connectivity index (χ1n) is 5.78. The fraction of sp³-hybridized carbons (Fsp3) is 0.417. The van der Waals surface area contributed by atoms with Crippen molar-refractivity contribution in [2.24, 2.45) is 5.73 Å². The maximum atomic E-state index is 5.47. The van der Waals surface area contributed by atoms with Crippen molar-refractivity contribution in [2.75, 3.05) is 25.2 Å². The Morgan fingerprint density at radius 2 is 2.11 bits per heavy atom. The van der Waals surface area contributed by atoms with Gasteiger partial charge in [0.2, 0.25) is 6.79 Å². The lowest BCUT2D eigenvalue weighted by Crippen LogP contribution is -2.32. The Morgan fingerprint density at radius 3 is 2.83 bits per heavy atom. The molecular formula is C12H17N3O2S. The van der Waals surface area contributed by atoms with Gasteiger partial charge >= 0.3 is 0 Å². The molecule has 1 aliphatic heterocycles. The third-order valence-corrected chi connectivity index (χ3v) is 3.00. The van der Waals surface area contributed by atoms with Gasteiger partial charge in [-0.2, -0.15) is 0 Å². The predicted octanol–water partition coefficient (Wildman–Crippen LogP) is 1.28. The molecule has 1 aliphatic rings. The number of aryl methyl sites for hydroxylation is 1. The molecule has 0 aromatic heterocycles. The predicted molar refractivity (Wildman–Crippen MR) is 75.3 cm³/mol. The second-order valence-electron chi connectivity index (χ2n) is 4.10. The molecule has 0 amide bonds. The number of nitrogens with two attached hydrogens (primary N) is 1. The largest absolute Gasteiger partial charge is 0.453 e. The summed E-state index contributed by atoms with van der Waals surface area (Å²) in [5.74, 6) is 1.61. The highest BCUT2D eigenvalue weighted by Crippen LogP contribution is 2.41. The maximum absolute atomic E-state index is 5.47. The Bertz CT molecular complexity index is 477. The van der Waals surface area contributed by atoms with Crippen LogP contribution >= 0.6 is 12.2 Å². The first kappa shape index (κ1) is 12.9. The van der Waals surface area contributed by atoms with E-state index >= 15 is 0 Å². The fourth-order valence-corrected chi connectivity index (χ4v) is 2.06. The Balaban J connectivity index is 2.19. The number of thiocarbonyl (C=S) groups is 1. The number of fused-ring (bicyclic) bond motifs is 1. The maximum Gasteiger partial charge on any atom is 0.231 e. The lowest BCUT2D eigenvalue weighted by atomic mass is 10.1. The zero-order valence-corrected chi connectivity index (χ0v) is 11.3. The summed E-state index contributed by atoms with van der Waals surface area (Å²) < 4.78 is 10.9. The molecule has 1 aromatic rings. The van der Waals surface area contributed by atoms with E-state index in [9.17, 15) is 0 Å². The minimum atomic E-state index is 0.274. The standard InChI is InChI=1S/C12H17N3O2S/c1-7-5-9(15-12(18)14-4-3-13)8(2)11-10(7)16-6-17-11/h5H,3-4,6,13H2,1-2H3,(H2,14,15,18). The lowest BCUT2D eigenvalue weighted by molar-refractivity contribution is 0.173. The van der Waals surface area contributed by atoms with Crippen LogP contribution in [0.4, 0.5) is 5.69 Å². The van der Waals surface area contributed by atoms with Crippen molar-refractivity contribution >= 4 is 23.0 Å². The van der Waals surface area contributed by atoms with Crippen LogP contribution < -0.4 is 25.8 Å². The number of nitrogens with one attached hydrogen (secondary N) is 2. The van der Waals surface area contributed by atoms with Crippen LogP contribution in [-0.2, 0) is 0 Å². The van der Waals surface area contributed by atoms with Crippen LogP contribution in [0.2, 0.25) is 0 Å². The minimum Gasteiger partial charge on any atom is -0.453 e. The highest BCUT2D eigenvalue weighted by Gasteiger charge is 2.21. The van der Waals surface area contributed by atoms with E-state index in [0.717, 1.165) is 28.3 Å². The summed E-state index contributed by atoms with van der Waals surface area (Å²) >= 11 is 5.18. The molecule has 98 valence electrons. The van der Waals surface area contributed by atoms with Gasteiger partial charge in [-0.3, -0.25) is 0 Å². The third-order valence-electron chi connectivity index (χ3n) is 2.75. The van der Waals surface area contributed by atoms with Crippen LogP contribution in [0.5, 0.6) is 11.5 Å². The Hall–Kier alpha value is -1.53. The topological polar surface area (TPSA) is 68.5 Å². The van der Waals surface area contributed by atoms with E-state index in [0.29, 0.717) is 18.2 Å². The van der Waals surface area contributed by atoms with Crippen LogP contribution in [0.25, 0.3) is 0 Å². The SMILES string of the molecule is Cc1cc(NC(=S)NCCN)c(C)c2c1OCO2. The number of rotatable bonds is 3. The Labute approximate surface area is 112 Å². The van der Waals surface area contributed by atoms with Crippen molar-refractivity contribution in [2.45, 2.75) is 13.8 Å². The van der Waals surface area contributed by atoms with Gasteiger partial charge in [-0.05, 0) is 37.7 Å². The zero-order chi connectivity index (χ0) is 13.1. The summed E-state index contributed by atoms with van der Waals surface area (Å²) in [6.45, 7) is 5.42. The van der Waals surface area contributed by atoms with E-state index in [4.69, 9.17) is 27.4 Å². The molecule has 0 radical (unpaired) electrons. The molecule has 1 heterocycles. The first-order chi connectivity index (χ1) is 8.63. The van der Waals surface area contributed by atoms with Crippen molar-refractivity contribution in [1.29, 1.82) is 0 Å². The third kappa shape index (κ3) is 2.49. The van der Waals surface area contributed by atoms with Crippen LogP contribution in [0.1, 0.15) is 11.1 Å². The van der Waals surface area contributed by atoms with Gasteiger partial charge in [-0.15, -0.1) is 0 Å². The summed E-state index contributed by atoms with van der Waals surface area (Å²) in [5, 5.41) is 6.72. The molecule has 5 nitrogen and oxygen atoms in total. The molecule has 6 heteroatoms. The Kier molecular flexibility index (Phi) is 3.88. The highest BCUT2D eigenvalue weighted by molar-refractivity contribution is 7.80. The molecule has 0 aliphatic carbocycles. The van der Waals surface area contributed by atoms with Crippen molar-refractivity contribution in [3.63, 3.8) is 0 Å². The molecule has 0 fully saturated rings. The zero-order valence-electron chi connectivity index (χ0n) is 10.5. The smallest absolute Gasteiger partial charge is 0.231 e. The van der Waals surface area contributed by atoms with Crippen LogP contribution in [-0.4, -0.2) is 25.0 Å². The van der Waals surface area contributed by atoms with Crippen molar-refractivity contribution in [1.82, 2.24) is 5.32 Å². The van der Waals surface area contributed by atoms with Gasteiger partial charge in [0.15, 0.2) is 16.6 Å². The molecule has 1 aromatic carbocycles. The molecule has 4 N–H and O–H groups in total. The normalized spacial score (nSPS) is 12.4. The van der Waals surface area contributed by atoms with Crippen molar-refractivity contribution in [3.05, 3.63) is 17.2 Å². The summed E-state index contributed by atoms with van der Waals surface area (Å²) in [5.41, 5.74) is 8.35. The monoisotopic (exact) mass is 267 g/mol.